The molecule has 0 amide bonds. The lowest BCUT2D eigenvalue weighted by Crippen LogP contribution is -2.02. The molecule has 3 aromatic carbocycles. The van der Waals surface area contributed by atoms with Crippen LogP contribution in [0.25, 0.3) is 0 Å². The summed E-state index contributed by atoms with van der Waals surface area (Å²) in [5.74, 6) is -3.25. The second-order valence-corrected chi connectivity index (χ2v) is 6.81. The Hall–Kier alpha value is -3.97. The fraction of sp³-hybridized carbons (Fsp3) is 0. The van der Waals surface area contributed by atoms with E-state index in [9.17, 15) is 28.2 Å². The van der Waals surface area contributed by atoms with Crippen LogP contribution in [-0.4, -0.2) is 35.1 Å². The number of carbonyl (C=O) groups is 2. The Balaban J connectivity index is 0. The Labute approximate surface area is 184 Å². The van der Waals surface area contributed by atoms with Gasteiger partial charge in [0, 0.05) is 0 Å². The van der Waals surface area contributed by atoms with Gasteiger partial charge in [0.2, 0.25) is 0 Å². The lowest BCUT2D eigenvalue weighted by molar-refractivity contribution is -0.269. The van der Waals surface area contributed by atoms with E-state index in [1.54, 1.807) is 18.2 Å². The molecule has 0 atom stereocenters. The van der Waals surface area contributed by atoms with Gasteiger partial charge in [0.25, 0.3) is 10.1 Å². The van der Waals surface area contributed by atoms with Crippen LogP contribution in [0.2, 0.25) is 0 Å². The fourth-order valence-electron chi connectivity index (χ4n) is 1.88. The van der Waals surface area contributed by atoms with Crippen molar-refractivity contribution in [2.24, 2.45) is 0 Å². The zero-order valence-corrected chi connectivity index (χ0v) is 18.0. The Bertz CT molecular complexity index is 1050. The molecule has 0 aliphatic carbocycles. The number of aromatic carboxylic acids is 2. The molecule has 0 aliphatic rings. The summed E-state index contributed by atoms with van der Waals surface area (Å²) in [6, 6.07) is 18.5. The smallest absolute Gasteiger partial charge is 0.335 e. The summed E-state index contributed by atoms with van der Waals surface area (Å²) in [5.41, 5.74) is -0.356. The van der Waals surface area contributed by atoms with Crippen molar-refractivity contribution in [3.8, 4) is 11.5 Å². The first-order valence-electron chi connectivity index (χ1n) is 8.05. The average molecular weight is 468 g/mol. The molecule has 0 fully saturated rings. The minimum Gasteiger partial charge on any atom is -0.872 e. The maximum absolute atomic E-state index is 10.7. The number of hydrogen-bond donors (Lipinski definition) is 5. The van der Waals surface area contributed by atoms with Crippen LogP contribution in [0.15, 0.2) is 83.8 Å². The van der Waals surface area contributed by atoms with Gasteiger partial charge in [0.05, 0.1) is 16.0 Å². The van der Waals surface area contributed by atoms with Gasteiger partial charge >= 0.3 is 11.9 Å². The molecule has 0 aromatic heterocycles. The van der Waals surface area contributed by atoms with Crippen molar-refractivity contribution in [1.82, 2.24) is 12.3 Å². The van der Waals surface area contributed by atoms with E-state index in [1.165, 1.54) is 60.7 Å². The summed E-state index contributed by atoms with van der Waals surface area (Å²) in [6.07, 6.45) is 0. The van der Waals surface area contributed by atoms with Gasteiger partial charge < -0.3 is 32.7 Å². The highest BCUT2D eigenvalue weighted by molar-refractivity contribution is 7.85. The lowest BCUT2D eigenvalue weighted by Gasteiger charge is -2.07. The molecular formula is C20H24N2O9S. The molecule has 11 N–H and O–H groups in total. The van der Waals surface area contributed by atoms with Gasteiger partial charge in [-0.25, -0.2) is 9.59 Å². The highest BCUT2D eigenvalue weighted by Gasteiger charge is 2.05. The summed E-state index contributed by atoms with van der Waals surface area (Å²) in [6.45, 7) is 0. The Kier molecular flexibility index (Phi) is 13.3. The first kappa shape index (κ1) is 30.2. The molecule has 0 saturated carbocycles. The second kappa shape index (κ2) is 14.1. The van der Waals surface area contributed by atoms with Crippen molar-refractivity contribution in [2.45, 2.75) is 4.90 Å². The van der Waals surface area contributed by atoms with E-state index in [4.69, 9.17) is 14.8 Å². The largest absolute Gasteiger partial charge is 0.872 e. The van der Waals surface area contributed by atoms with Crippen LogP contribution in [0, 0.1) is 0 Å². The van der Waals surface area contributed by atoms with Crippen LogP contribution >= 0.6 is 0 Å². The highest BCUT2D eigenvalue weighted by atomic mass is 32.2. The van der Waals surface area contributed by atoms with E-state index in [0.29, 0.717) is 0 Å². The molecule has 0 bridgehead atoms. The monoisotopic (exact) mass is 468 g/mol. The molecule has 3 aromatic rings. The van der Waals surface area contributed by atoms with Gasteiger partial charge in [-0.1, -0.05) is 66.1 Å². The van der Waals surface area contributed by atoms with Gasteiger partial charge in [0.15, 0.2) is 0 Å². The van der Waals surface area contributed by atoms with E-state index in [2.05, 4.69) is 0 Å². The van der Waals surface area contributed by atoms with Crippen LogP contribution < -0.4 is 22.5 Å². The van der Waals surface area contributed by atoms with Crippen molar-refractivity contribution in [1.29, 1.82) is 0 Å². The molecule has 174 valence electrons. The summed E-state index contributed by atoms with van der Waals surface area (Å²) >= 11 is 0. The summed E-state index contributed by atoms with van der Waals surface area (Å²) in [7, 11) is -4.00. The molecule has 3 rings (SSSR count). The van der Waals surface area contributed by atoms with Gasteiger partial charge in [-0.05, 0) is 24.3 Å². The number of quaternary nitrogens is 2. The molecule has 32 heavy (non-hydrogen) atoms. The van der Waals surface area contributed by atoms with Crippen molar-refractivity contribution in [3.05, 3.63) is 90.0 Å². The van der Waals surface area contributed by atoms with Crippen LogP contribution in [0.1, 0.15) is 20.7 Å². The second-order valence-electron chi connectivity index (χ2n) is 5.39. The number of rotatable bonds is 3. The topological polar surface area (TPSA) is 248 Å². The van der Waals surface area contributed by atoms with Crippen LogP contribution in [0.5, 0.6) is 11.5 Å². The lowest BCUT2D eigenvalue weighted by atomic mass is 10.2. The minimum absolute atomic E-state index is 0. The van der Waals surface area contributed by atoms with E-state index in [-0.39, 0.29) is 28.3 Å². The molecule has 12 heteroatoms. The maximum atomic E-state index is 10.7. The fourth-order valence-corrected chi connectivity index (χ4v) is 2.38. The quantitative estimate of drug-likeness (QED) is 0.354. The normalized spacial score (nSPS) is 9.28. The molecule has 0 radical (unpaired) electrons. The summed E-state index contributed by atoms with van der Waals surface area (Å²) in [5, 5.41) is 38.1. The van der Waals surface area contributed by atoms with Crippen molar-refractivity contribution < 1.29 is 43.0 Å². The van der Waals surface area contributed by atoms with Gasteiger partial charge in [-0.2, -0.15) is 8.42 Å². The molecular weight excluding hydrogens is 444 g/mol. The van der Waals surface area contributed by atoms with Crippen LogP contribution in [0.4, 0.5) is 0 Å². The molecule has 0 saturated heterocycles. The standard InChI is InChI=1S/2C7H6O3.C6H6O3S.2H3N/c2*8-6-4-2-1-3-5(6)7(9)10;7-10(8,9)6-4-2-1-3-5-6;;/h2*1-4,8H,(H,9,10);1-5H,(H,7,8,9);2*1H3. The van der Waals surface area contributed by atoms with Crippen LogP contribution in [0.3, 0.4) is 0 Å². The third kappa shape index (κ3) is 10.2. The SMILES string of the molecule is O=C(O)c1ccccc1[O-].O=C(O)c1ccccc1[O-].O=S(=O)(O)c1ccccc1.[NH4+].[NH4+]. The van der Waals surface area contributed by atoms with Gasteiger partial charge in [-0.3, -0.25) is 4.55 Å². The minimum atomic E-state index is -4.00. The number of carboxylic acid groups (broad SMARTS) is 2. The molecule has 0 spiro atoms. The maximum Gasteiger partial charge on any atom is 0.335 e. The predicted molar refractivity (Wildman–Crippen MR) is 114 cm³/mol. The highest BCUT2D eigenvalue weighted by Crippen LogP contribution is 2.11. The van der Waals surface area contributed by atoms with Gasteiger partial charge in [0.1, 0.15) is 0 Å². The molecule has 11 nitrogen and oxygen atoms in total. The Morgan fingerprint density at radius 2 is 0.938 bits per heavy atom. The number of carboxylic acids is 2. The molecule has 0 aliphatic heterocycles. The van der Waals surface area contributed by atoms with Gasteiger partial charge in [-0.15, -0.1) is 0 Å². The Morgan fingerprint density at radius 3 is 1.16 bits per heavy atom. The third-order valence-corrected chi connectivity index (χ3v) is 4.14. The summed E-state index contributed by atoms with van der Waals surface area (Å²) < 4.78 is 29.2. The van der Waals surface area contributed by atoms with E-state index >= 15 is 0 Å². The molecule has 0 unspecified atom stereocenters. The number of para-hydroxylation sites is 2. The van der Waals surface area contributed by atoms with Crippen LogP contribution in [-0.2, 0) is 10.1 Å². The van der Waals surface area contributed by atoms with E-state index in [0.717, 1.165) is 0 Å². The number of benzene rings is 3. The summed E-state index contributed by atoms with van der Waals surface area (Å²) in [4.78, 5) is 20.4. The van der Waals surface area contributed by atoms with E-state index < -0.39 is 33.6 Å². The predicted octanol–water partition coefficient (Wildman–Crippen LogP) is 2.60. The average Bonchev–Trinajstić information content (AvgIpc) is 2.69. The first-order valence-corrected chi connectivity index (χ1v) is 9.49. The van der Waals surface area contributed by atoms with E-state index in [1.807, 2.05) is 0 Å². The molecule has 0 heterocycles. The van der Waals surface area contributed by atoms with Crippen molar-refractivity contribution >= 4 is 22.1 Å². The zero-order valence-electron chi connectivity index (χ0n) is 17.2. The first-order chi connectivity index (χ1) is 14.0. The van der Waals surface area contributed by atoms with Crippen molar-refractivity contribution in [2.75, 3.05) is 0 Å². The number of hydrogen-bond acceptors (Lipinski definition) is 6. The zero-order chi connectivity index (χ0) is 22.7. The Morgan fingerprint density at radius 1 is 0.625 bits per heavy atom. The van der Waals surface area contributed by atoms with Crippen molar-refractivity contribution in [3.63, 3.8) is 0 Å². The third-order valence-electron chi connectivity index (χ3n) is 3.28.